The number of thiophene rings is 1. The summed E-state index contributed by atoms with van der Waals surface area (Å²) in [6, 6.07) is 7.38. The summed E-state index contributed by atoms with van der Waals surface area (Å²) in [5.74, 6) is 0. The van der Waals surface area contributed by atoms with E-state index in [9.17, 15) is 16.8 Å². The molecule has 0 saturated heterocycles. The van der Waals surface area contributed by atoms with E-state index in [0.717, 1.165) is 27.4 Å². The van der Waals surface area contributed by atoms with Crippen LogP contribution in [0.2, 0.25) is 5.02 Å². The Morgan fingerprint density at radius 3 is 2.46 bits per heavy atom. The fraction of sp³-hybridized carbons (Fsp3) is 0.214. The van der Waals surface area contributed by atoms with Crippen LogP contribution in [0.15, 0.2) is 49.2 Å². The highest BCUT2D eigenvalue weighted by molar-refractivity contribution is 8.14. The maximum atomic E-state index is 12.3. The predicted octanol–water partition coefficient (Wildman–Crippen LogP) is 3.17. The van der Waals surface area contributed by atoms with Crippen LogP contribution in [0.25, 0.3) is 0 Å². The number of halogens is 1. The zero-order valence-electron chi connectivity index (χ0n) is 14.0. The lowest BCUT2D eigenvalue weighted by atomic mass is 10.3. The largest absolute Gasteiger partial charge is 0.334 e. The van der Waals surface area contributed by atoms with E-state index in [2.05, 4.69) is 9.71 Å². The van der Waals surface area contributed by atoms with Gasteiger partial charge in [-0.2, -0.15) is 8.42 Å². The van der Waals surface area contributed by atoms with E-state index in [1.165, 1.54) is 32.3 Å². The Balaban J connectivity index is 2.39. The molecule has 1 aromatic carbocycles. The number of hydrogen-bond acceptors (Lipinski definition) is 6. The third-order valence-electron chi connectivity index (χ3n) is 3.09. The molecular weight excluding hydrogens is 438 g/mol. The lowest BCUT2D eigenvalue weighted by molar-refractivity contribution is 0.521. The van der Waals surface area contributed by atoms with Crippen molar-refractivity contribution in [2.75, 3.05) is 25.7 Å². The molecule has 0 radical (unpaired) electrons. The molecule has 0 aliphatic heterocycles. The topological polar surface area (TPSA) is 95.9 Å². The van der Waals surface area contributed by atoms with Crippen LogP contribution in [0.1, 0.15) is 0 Å². The van der Waals surface area contributed by atoms with Crippen molar-refractivity contribution in [2.24, 2.45) is 4.40 Å². The number of thioether (sulfide) groups is 1. The van der Waals surface area contributed by atoms with Crippen molar-refractivity contribution >= 4 is 65.6 Å². The van der Waals surface area contributed by atoms with Crippen LogP contribution >= 0.6 is 34.7 Å². The molecule has 2 rings (SSSR count). The van der Waals surface area contributed by atoms with Crippen molar-refractivity contribution in [2.45, 2.75) is 9.10 Å². The van der Waals surface area contributed by atoms with Crippen molar-refractivity contribution in [1.29, 1.82) is 0 Å². The average molecular weight is 454 g/mol. The Morgan fingerprint density at radius 1 is 1.23 bits per heavy atom. The van der Waals surface area contributed by atoms with Crippen LogP contribution in [0, 0.1) is 0 Å². The van der Waals surface area contributed by atoms with Crippen LogP contribution in [-0.2, 0) is 20.0 Å². The van der Waals surface area contributed by atoms with E-state index in [-0.39, 0.29) is 19.3 Å². The molecule has 0 saturated carbocycles. The number of sulfonamides is 2. The summed E-state index contributed by atoms with van der Waals surface area (Å²) in [6.07, 6.45) is 1.66. The summed E-state index contributed by atoms with van der Waals surface area (Å²) >= 11 is 8.16. The molecule has 1 heterocycles. The first kappa shape index (κ1) is 21.2. The van der Waals surface area contributed by atoms with Gasteiger partial charge in [0.25, 0.3) is 10.0 Å². The van der Waals surface area contributed by atoms with Crippen molar-refractivity contribution in [3.63, 3.8) is 0 Å². The van der Waals surface area contributed by atoms with Gasteiger partial charge in [0.15, 0.2) is 5.17 Å². The first-order chi connectivity index (χ1) is 12.1. The fourth-order valence-electron chi connectivity index (χ4n) is 1.77. The Bertz CT molecular complexity index is 1020. The molecule has 0 amide bonds. The summed E-state index contributed by atoms with van der Waals surface area (Å²) in [7, 11) is -4.79. The van der Waals surface area contributed by atoms with E-state index in [1.807, 2.05) is 0 Å². The number of anilines is 1. The standard InChI is InChI=1S/C14H16ClN3O4S4/c1-18(2)26(21,22)12-9-10(6-7-11(12)15)16-14(23-3)17-25(19,20)13-5-4-8-24-13/h4-9H,1-3H3,(H,16,17). The molecule has 142 valence electrons. The van der Waals surface area contributed by atoms with Gasteiger partial charge in [0.05, 0.1) is 5.02 Å². The Morgan fingerprint density at radius 2 is 1.92 bits per heavy atom. The molecular formula is C14H16ClN3O4S4. The highest BCUT2D eigenvalue weighted by Crippen LogP contribution is 2.27. The second-order valence-corrected chi connectivity index (χ2v) is 11.2. The van der Waals surface area contributed by atoms with Crippen molar-refractivity contribution < 1.29 is 16.8 Å². The first-order valence-electron chi connectivity index (χ1n) is 6.99. The van der Waals surface area contributed by atoms with E-state index < -0.39 is 20.0 Å². The van der Waals surface area contributed by atoms with Crippen LogP contribution in [0.4, 0.5) is 5.69 Å². The third kappa shape index (κ3) is 4.78. The van der Waals surface area contributed by atoms with Crippen molar-refractivity contribution in [3.05, 3.63) is 40.7 Å². The zero-order valence-corrected chi connectivity index (χ0v) is 18.0. The number of benzene rings is 1. The quantitative estimate of drug-likeness (QED) is 0.551. The maximum absolute atomic E-state index is 12.3. The molecule has 26 heavy (non-hydrogen) atoms. The van der Waals surface area contributed by atoms with Gasteiger partial charge in [0.1, 0.15) is 9.10 Å². The SMILES string of the molecule is CS/C(=N\S(=O)(=O)c1cccs1)Nc1ccc(Cl)c(S(=O)(=O)N(C)C)c1. The lowest BCUT2D eigenvalue weighted by Crippen LogP contribution is -2.22. The lowest BCUT2D eigenvalue weighted by Gasteiger charge is -2.14. The van der Waals surface area contributed by atoms with Crippen LogP contribution in [0.5, 0.6) is 0 Å². The van der Waals surface area contributed by atoms with E-state index in [0.29, 0.717) is 5.69 Å². The van der Waals surface area contributed by atoms with E-state index in [4.69, 9.17) is 11.6 Å². The maximum Gasteiger partial charge on any atom is 0.294 e. The summed E-state index contributed by atoms with van der Waals surface area (Å²) in [5.41, 5.74) is 0.351. The first-order valence-corrected chi connectivity index (χ1v) is 12.4. The summed E-state index contributed by atoms with van der Waals surface area (Å²) in [6.45, 7) is 0. The summed E-state index contributed by atoms with van der Waals surface area (Å²) in [5, 5.41) is 4.64. The number of nitrogens with one attached hydrogen (secondary N) is 1. The minimum absolute atomic E-state index is 0.0677. The van der Waals surface area contributed by atoms with Gasteiger partial charge in [0, 0.05) is 19.8 Å². The molecule has 0 bridgehead atoms. The van der Waals surface area contributed by atoms with Crippen LogP contribution < -0.4 is 5.32 Å². The molecule has 1 N–H and O–H groups in total. The van der Waals surface area contributed by atoms with Crippen molar-refractivity contribution in [3.8, 4) is 0 Å². The Hall–Kier alpha value is -1.11. The number of amidine groups is 1. The molecule has 12 heteroatoms. The Labute approximate surface area is 166 Å². The van der Waals surface area contributed by atoms with Gasteiger partial charge in [-0.15, -0.1) is 15.7 Å². The van der Waals surface area contributed by atoms with Gasteiger partial charge in [-0.05, 0) is 35.9 Å². The smallest absolute Gasteiger partial charge is 0.294 e. The number of rotatable bonds is 5. The zero-order chi connectivity index (χ0) is 19.5. The minimum Gasteiger partial charge on any atom is -0.334 e. The molecule has 0 spiro atoms. The van der Waals surface area contributed by atoms with Gasteiger partial charge in [-0.3, -0.25) is 0 Å². The Kier molecular flexibility index (Phi) is 6.75. The normalized spacial score (nSPS) is 13.2. The van der Waals surface area contributed by atoms with Crippen LogP contribution in [0.3, 0.4) is 0 Å². The average Bonchev–Trinajstić information content (AvgIpc) is 3.10. The highest BCUT2D eigenvalue weighted by Gasteiger charge is 2.22. The molecule has 0 aliphatic carbocycles. The van der Waals surface area contributed by atoms with Gasteiger partial charge >= 0.3 is 0 Å². The fourth-order valence-corrected chi connectivity index (χ4v) is 5.80. The van der Waals surface area contributed by atoms with Gasteiger partial charge < -0.3 is 5.32 Å². The highest BCUT2D eigenvalue weighted by atomic mass is 35.5. The minimum atomic E-state index is -3.84. The van der Waals surface area contributed by atoms with E-state index >= 15 is 0 Å². The molecule has 0 atom stereocenters. The third-order valence-corrected chi connectivity index (χ3v) is 8.73. The van der Waals surface area contributed by atoms with Gasteiger partial charge in [-0.25, -0.2) is 12.7 Å². The monoisotopic (exact) mass is 453 g/mol. The summed E-state index contributed by atoms with van der Waals surface area (Å²) in [4.78, 5) is -0.0873. The molecule has 0 fully saturated rings. The molecule has 7 nitrogen and oxygen atoms in total. The van der Waals surface area contributed by atoms with Gasteiger partial charge in [0.2, 0.25) is 10.0 Å². The second-order valence-electron chi connectivity index (χ2n) is 5.07. The molecule has 2 aromatic rings. The number of hydrogen-bond donors (Lipinski definition) is 1. The molecule has 1 aromatic heterocycles. The number of nitrogens with zero attached hydrogens (tertiary/aromatic N) is 2. The predicted molar refractivity (Wildman–Crippen MR) is 108 cm³/mol. The second kappa shape index (κ2) is 8.28. The van der Waals surface area contributed by atoms with Gasteiger partial charge in [-0.1, -0.05) is 29.4 Å². The summed E-state index contributed by atoms with van der Waals surface area (Å²) < 4.78 is 54.1. The van der Waals surface area contributed by atoms with Crippen LogP contribution in [-0.4, -0.2) is 46.7 Å². The molecule has 0 aliphatic rings. The molecule has 0 unspecified atom stereocenters. The van der Waals surface area contributed by atoms with Crippen molar-refractivity contribution in [1.82, 2.24) is 4.31 Å². The van der Waals surface area contributed by atoms with E-state index in [1.54, 1.807) is 23.8 Å².